The molecule has 0 aromatic carbocycles. The molecule has 72 valence electrons. The summed E-state index contributed by atoms with van der Waals surface area (Å²) in [6.45, 7) is 2.77. The molecule has 0 N–H and O–H groups in total. The van der Waals surface area contributed by atoms with E-state index in [1.807, 2.05) is 0 Å². The molecule has 0 atom stereocenters. The van der Waals surface area contributed by atoms with Crippen LogP contribution in [0.1, 0.15) is 6.92 Å². The standard InChI is InChI=1S/C7H11F3O2/c1-2-11-5-6-12-4-3-7(8,9)10/h3-4H,2,5-6H2,1H3. The van der Waals surface area contributed by atoms with Crippen molar-refractivity contribution in [3.63, 3.8) is 0 Å². The molecule has 0 aliphatic heterocycles. The molecule has 0 aromatic rings. The van der Waals surface area contributed by atoms with Crippen molar-refractivity contribution in [2.75, 3.05) is 19.8 Å². The van der Waals surface area contributed by atoms with Crippen molar-refractivity contribution in [2.24, 2.45) is 0 Å². The lowest BCUT2D eigenvalue weighted by Crippen LogP contribution is -2.03. The smallest absolute Gasteiger partial charge is 0.412 e. The zero-order valence-electron chi connectivity index (χ0n) is 6.73. The van der Waals surface area contributed by atoms with E-state index < -0.39 is 6.18 Å². The first kappa shape index (κ1) is 11.3. The highest BCUT2D eigenvalue weighted by molar-refractivity contribution is 4.82. The van der Waals surface area contributed by atoms with E-state index in [-0.39, 0.29) is 12.7 Å². The number of hydrogen-bond acceptors (Lipinski definition) is 2. The van der Waals surface area contributed by atoms with Crippen LogP contribution in [0, 0.1) is 0 Å². The van der Waals surface area contributed by atoms with Gasteiger partial charge in [0.2, 0.25) is 0 Å². The van der Waals surface area contributed by atoms with Crippen LogP contribution >= 0.6 is 0 Å². The highest BCUT2D eigenvalue weighted by atomic mass is 19.4. The van der Waals surface area contributed by atoms with E-state index in [2.05, 4.69) is 4.74 Å². The Bertz CT molecular complexity index is 131. The zero-order valence-corrected chi connectivity index (χ0v) is 6.73. The van der Waals surface area contributed by atoms with Crippen molar-refractivity contribution in [1.82, 2.24) is 0 Å². The monoisotopic (exact) mass is 184 g/mol. The second-order valence-corrected chi connectivity index (χ2v) is 1.91. The molecule has 0 fully saturated rings. The van der Waals surface area contributed by atoms with Crippen molar-refractivity contribution >= 4 is 0 Å². The van der Waals surface area contributed by atoms with Gasteiger partial charge >= 0.3 is 6.18 Å². The van der Waals surface area contributed by atoms with E-state index in [1.54, 1.807) is 6.92 Å². The van der Waals surface area contributed by atoms with Gasteiger partial charge in [-0.25, -0.2) is 0 Å². The molecule has 0 heterocycles. The highest BCUT2D eigenvalue weighted by Crippen LogP contribution is 2.15. The van der Waals surface area contributed by atoms with Crippen molar-refractivity contribution in [3.8, 4) is 0 Å². The minimum atomic E-state index is -4.30. The van der Waals surface area contributed by atoms with Gasteiger partial charge in [-0.3, -0.25) is 0 Å². The maximum Gasteiger partial charge on any atom is 0.412 e. The van der Waals surface area contributed by atoms with Gasteiger partial charge in [-0.05, 0) is 6.92 Å². The molecule has 5 heteroatoms. The maximum atomic E-state index is 11.4. The Hall–Kier alpha value is -0.710. The third kappa shape index (κ3) is 9.29. The summed E-state index contributed by atoms with van der Waals surface area (Å²) in [7, 11) is 0. The Balaban J connectivity index is 3.25. The van der Waals surface area contributed by atoms with E-state index in [0.29, 0.717) is 19.5 Å². The zero-order chi connectivity index (χ0) is 9.45. The van der Waals surface area contributed by atoms with Crippen LogP contribution in [0.4, 0.5) is 13.2 Å². The largest absolute Gasteiger partial charge is 0.499 e. The molecule has 0 saturated carbocycles. The second kappa shape index (κ2) is 5.88. The number of ether oxygens (including phenoxy) is 2. The van der Waals surface area contributed by atoms with Gasteiger partial charge in [0.15, 0.2) is 0 Å². The molecule has 0 aliphatic rings. The summed E-state index contributed by atoms with van der Waals surface area (Å²) in [5.74, 6) is 0. The lowest BCUT2D eigenvalue weighted by molar-refractivity contribution is -0.0818. The summed E-state index contributed by atoms with van der Waals surface area (Å²) >= 11 is 0. The first-order valence-corrected chi connectivity index (χ1v) is 3.50. The van der Waals surface area contributed by atoms with Crippen molar-refractivity contribution in [1.29, 1.82) is 0 Å². The lowest BCUT2D eigenvalue weighted by atomic mass is 10.6. The molecule has 0 spiro atoms. The average molecular weight is 184 g/mol. The van der Waals surface area contributed by atoms with E-state index in [4.69, 9.17) is 4.74 Å². The molecule has 0 aromatic heterocycles. The summed E-state index contributed by atoms with van der Waals surface area (Å²) in [4.78, 5) is 0. The molecule has 0 saturated heterocycles. The predicted octanol–water partition coefficient (Wildman–Crippen LogP) is 2.12. The number of alkyl halides is 3. The lowest BCUT2D eigenvalue weighted by Gasteiger charge is -2.01. The third-order valence-electron chi connectivity index (χ3n) is 0.903. The van der Waals surface area contributed by atoms with Crippen LogP contribution in [0.5, 0.6) is 0 Å². The van der Waals surface area contributed by atoms with Gasteiger partial charge in [0.25, 0.3) is 0 Å². The van der Waals surface area contributed by atoms with Gasteiger partial charge in [-0.2, -0.15) is 13.2 Å². The van der Waals surface area contributed by atoms with Gasteiger partial charge in [-0.1, -0.05) is 0 Å². The van der Waals surface area contributed by atoms with Crippen LogP contribution in [-0.2, 0) is 9.47 Å². The van der Waals surface area contributed by atoms with Gasteiger partial charge in [-0.15, -0.1) is 0 Å². The van der Waals surface area contributed by atoms with E-state index in [9.17, 15) is 13.2 Å². The van der Waals surface area contributed by atoms with Crippen molar-refractivity contribution in [2.45, 2.75) is 13.1 Å². The average Bonchev–Trinajstić information content (AvgIpc) is 1.94. The second-order valence-electron chi connectivity index (χ2n) is 1.91. The van der Waals surface area contributed by atoms with Gasteiger partial charge in [0.05, 0.1) is 18.9 Å². The maximum absolute atomic E-state index is 11.4. The molecule has 0 rings (SSSR count). The highest BCUT2D eigenvalue weighted by Gasteiger charge is 2.22. The molecule has 0 unspecified atom stereocenters. The SMILES string of the molecule is CCOCCOC=CC(F)(F)F. The fourth-order valence-corrected chi connectivity index (χ4v) is 0.445. The van der Waals surface area contributed by atoms with E-state index in [1.165, 1.54) is 0 Å². The molecule has 2 nitrogen and oxygen atoms in total. The third-order valence-corrected chi connectivity index (χ3v) is 0.903. The first-order valence-electron chi connectivity index (χ1n) is 3.50. The van der Waals surface area contributed by atoms with Crippen LogP contribution in [0.2, 0.25) is 0 Å². The normalized spacial score (nSPS) is 12.3. The Labute approximate surface area is 69.0 Å². The van der Waals surface area contributed by atoms with Crippen molar-refractivity contribution in [3.05, 3.63) is 12.3 Å². The van der Waals surface area contributed by atoms with Crippen LogP contribution in [-0.4, -0.2) is 26.0 Å². The fraction of sp³-hybridized carbons (Fsp3) is 0.714. The summed E-state index contributed by atoms with van der Waals surface area (Å²) in [6, 6.07) is 0. The first-order chi connectivity index (χ1) is 5.56. The molecular weight excluding hydrogens is 173 g/mol. The quantitative estimate of drug-likeness (QED) is 0.481. The minimum Gasteiger partial charge on any atom is -0.499 e. The summed E-state index contributed by atoms with van der Waals surface area (Å²) in [5, 5.41) is 0. The van der Waals surface area contributed by atoms with E-state index in [0.717, 1.165) is 0 Å². The van der Waals surface area contributed by atoms with Crippen LogP contribution < -0.4 is 0 Å². The van der Waals surface area contributed by atoms with Crippen LogP contribution in [0.25, 0.3) is 0 Å². The molecular formula is C7H11F3O2. The predicted molar refractivity (Wildman–Crippen MR) is 37.6 cm³/mol. The van der Waals surface area contributed by atoms with Gasteiger partial charge in [0, 0.05) is 6.61 Å². The summed E-state index contributed by atoms with van der Waals surface area (Å²) < 4.78 is 43.6. The minimum absolute atomic E-state index is 0.0406. The van der Waals surface area contributed by atoms with Gasteiger partial charge in [0.1, 0.15) is 6.61 Å². The molecule has 0 bridgehead atoms. The summed E-state index contributed by atoms with van der Waals surface area (Å²) in [5.41, 5.74) is 0. The Kier molecular flexibility index (Phi) is 5.53. The molecule has 0 aliphatic carbocycles. The van der Waals surface area contributed by atoms with Crippen LogP contribution in [0.3, 0.4) is 0 Å². The number of rotatable bonds is 5. The molecule has 0 radical (unpaired) electrons. The number of hydrogen-bond donors (Lipinski definition) is 0. The Morgan fingerprint density at radius 3 is 2.42 bits per heavy atom. The number of allylic oxidation sites excluding steroid dienone is 1. The Morgan fingerprint density at radius 2 is 1.92 bits per heavy atom. The Morgan fingerprint density at radius 1 is 1.25 bits per heavy atom. The molecule has 0 amide bonds. The topological polar surface area (TPSA) is 18.5 Å². The van der Waals surface area contributed by atoms with E-state index >= 15 is 0 Å². The van der Waals surface area contributed by atoms with Crippen molar-refractivity contribution < 1.29 is 22.6 Å². The molecule has 12 heavy (non-hydrogen) atoms. The summed E-state index contributed by atoms with van der Waals surface area (Å²) in [6.07, 6.45) is -3.64. The fourth-order valence-electron chi connectivity index (χ4n) is 0.445. The number of halogens is 3. The van der Waals surface area contributed by atoms with Gasteiger partial charge < -0.3 is 9.47 Å². The van der Waals surface area contributed by atoms with Crippen LogP contribution in [0.15, 0.2) is 12.3 Å².